The molecule has 3 aliphatic heterocycles. The first kappa shape index (κ1) is 25.6. The minimum absolute atomic E-state index is 0.0184. The second-order valence-corrected chi connectivity index (χ2v) is 11.6. The number of aromatic nitrogens is 3. The van der Waals surface area contributed by atoms with Crippen LogP contribution in [0.15, 0.2) is 24.4 Å². The Balaban J connectivity index is 1.22. The summed E-state index contributed by atoms with van der Waals surface area (Å²) in [6, 6.07) is 6.24. The minimum atomic E-state index is -0.492. The summed E-state index contributed by atoms with van der Waals surface area (Å²) in [5.41, 5.74) is 7.61. The molecule has 0 spiro atoms. The number of likely N-dealkylation sites (tertiary alicyclic amines) is 1. The lowest BCUT2D eigenvalue weighted by atomic mass is 10.0. The predicted molar refractivity (Wildman–Crippen MR) is 143 cm³/mol. The van der Waals surface area contributed by atoms with Crippen LogP contribution in [0.5, 0.6) is 5.88 Å². The van der Waals surface area contributed by atoms with Crippen LogP contribution in [-0.4, -0.2) is 76.6 Å². The minimum Gasteiger partial charge on any atom is -0.474 e. The van der Waals surface area contributed by atoms with Gasteiger partial charge >= 0.3 is 6.09 Å². The highest BCUT2D eigenvalue weighted by Crippen LogP contribution is 2.37. The predicted octanol–water partition coefficient (Wildman–Crippen LogP) is 3.99. The average molecular weight is 530 g/mol. The number of anilines is 3. The molecule has 3 aliphatic rings. The number of fused-ring (bicyclic) bond motifs is 2. The zero-order chi connectivity index (χ0) is 26.2. The third kappa shape index (κ3) is 6.11. The zero-order valence-corrected chi connectivity index (χ0v) is 22.5. The third-order valence-corrected chi connectivity index (χ3v) is 7.47. The quantitative estimate of drug-likeness (QED) is 0.628. The third-order valence-electron chi connectivity index (χ3n) is 7.28. The van der Waals surface area contributed by atoms with Gasteiger partial charge in [-0.1, -0.05) is 11.6 Å². The molecule has 5 heterocycles. The van der Waals surface area contributed by atoms with Crippen molar-refractivity contribution >= 4 is 34.9 Å². The van der Waals surface area contributed by atoms with Gasteiger partial charge in [0.05, 0.1) is 5.69 Å². The van der Waals surface area contributed by atoms with E-state index >= 15 is 0 Å². The highest BCUT2D eigenvalue weighted by Gasteiger charge is 2.37. The van der Waals surface area contributed by atoms with Gasteiger partial charge in [-0.15, -0.1) is 10.2 Å². The Hall–Kier alpha value is -3.01. The van der Waals surface area contributed by atoms with E-state index in [1.807, 2.05) is 33.0 Å². The standard InChI is InChI=1S/C26H36ClN7O3/c1-26(2,3)37-25(35)32-10-6-20(7-11-32)36-23-13-18(4-8-29-23)34-15-17-5-9-33(16-19(34)12-17)21-14-22(27)30-31-24(21)28/h4,8,13-14,17,19-20H,5-7,9-12,15-16H2,1-3H3,(H2,28,31). The highest BCUT2D eigenvalue weighted by molar-refractivity contribution is 6.29. The lowest BCUT2D eigenvalue weighted by Crippen LogP contribution is -2.44. The number of nitrogens with zero attached hydrogens (tertiary/aromatic N) is 6. The summed E-state index contributed by atoms with van der Waals surface area (Å²) in [4.78, 5) is 23.3. The Morgan fingerprint density at radius 1 is 1.11 bits per heavy atom. The van der Waals surface area contributed by atoms with Crippen LogP contribution in [-0.2, 0) is 4.74 Å². The molecular weight excluding hydrogens is 494 g/mol. The number of halogens is 1. The van der Waals surface area contributed by atoms with E-state index in [0.717, 1.165) is 56.7 Å². The first-order valence-electron chi connectivity index (χ1n) is 13.1. The van der Waals surface area contributed by atoms with Gasteiger partial charge in [0.25, 0.3) is 0 Å². The van der Waals surface area contributed by atoms with E-state index < -0.39 is 5.60 Å². The maximum Gasteiger partial charge on any atom is 0.410 e. The van der Waals surface area contributed by atoms with Gasteiger partial charge in [-0.2, -0.15) is 0 Å². The SMILES string of the molecule is CC(C)(C)OC(=O)N1CCC(Oc2cc(N3CC4CCN(c5cc(Cl)nnc5N)CC3C4)ccn2)CC1. The van der Waals surface area contributed by atoms with Crippen molar-refractivity contribution in [2.45, 2.75) is 64.2 Å². The van der Waals surface area contributed by atoms with E-state index in [0.29, 0.717) is 41.9 Å². The molecule has 0 radical (unpaired) electrons. The van der Waals surface area contributed by atoms with Crippen LogP contribution in [0.2, 0.25) is 5.15 Å². The van der Waals surface area contributed by atoms with Crippen LogP contribution in [0.25, 0.3) is 0 Å². The van der Waals surface area contributed by atoms with Crippen molar-refractivity contribution in [2.75, 3.05) is 48.3 Å². The Bertz CT molecular complexity index is 1120. The van der Waals surface area contributed by atoms with E-state index in [1.165, 1.54) is 0 Å². The van der Waals surface area contributed by atoms with Crippen molar-refractivity contribution in [1.82, 2.24) is 20.1 Å². The van der Waals surface area contributed by atoms with Crippen LogP contribution in [0.1, 0.15) is 46.5 Å². The molecule has 1 amide bonds. The maximum atomic E-state index is 12.4. The lowest BCUT2D eigenvalue weighted by molar-refractivity contribution is 0.0123. The number of piperidine rings is 1. The number of hydrogen-bond acceptors (Lipinski definition) is 9. The first-order valence-corrected chi connectivity index (χ1v) is 13.4. The van der Waals surface area contributed by atoms with Gasteiger partial charge in [-0.05, 0) is 45.6 Å². The van der Waals surface area contributed by atoms with Crippen LogP contribution >= 0.6 is 11.6 Å². The molecule has 2 unspecified atom stereocenters. The monoisotopic (exact) mass is 529 g/mol. The van der Waals surface area contributed by atoms with Crippen LogP contribution in [0.3, 0.4) is 0 Å². The molecule has 37 heavy (non-hydrogen) atoms. The molecule has 200 valence electrons. The molecule has 0 saturated carbocycles. The Morgan fingerprint density at radius 3 is 2.65 bits per heavy atom. The molecule has 11 heteroatoms. The van der Waals surface area contributed by atoms with E-state index in [2.05, 4.69) is 31.0 Å². The molecule has 10 nitrogen and oxygen atoms in total. The molecule has 0 aromatic carbocycles. The Labute approximate surface area is 223 Å². The largest absolute Gasteiger partial charge is 0.474 e. The summed E-state index contributed by atoms with van der Waals surface area (Å²) in [6.07, 6.45) is 5.28. The number of amides is 1. The zero-order valence-electron chi connectivity index (χ0n) is 21.8. The van der Waals surface area contributed by atoms with Crippen molar-refractivity contribution in [3.05, 3.63) is 29.5 Å². The fraction of sp³-hybridized carbons (Fsp3) is 0.615. The topological polar surface area (TPSA) is 110 Å². The van der Waals surface area contributed by atoms with Crippen LogP contribution in [0.4, 0.5) is 22.0 Å². The van der Waals surface area contributed by atoms with Gasteiger partial charge in [0.2, 0.25) is 5.88 Å². The summed E-state index contributed by atoms with van der Waals surface area (Å²) in [5.74, 6) is 1.64. The number of hydrogen-bond donors (Lipinski definition) is 1. The molecule has 3 saturated heterocycles. The van der Waals surface area contributed by atoms with Crippen LogP contribution < -0.4 is 20.3 Å². The van der Waals surface area contributed by atoms with Gasteiger partial charge < -0.3 is 29.9 Å². The summed E-state index contributed by atoms with van der Waals surface area (Å²) < 4.78 is 11.8. The van der Waals surface area contributed by atoms with E-state index in [9.17, 15) is 4.79 Å². The Kier molecular flexibility index (Phi) is 7.20. The molecule has 2 atom stereocenters. The number of carbonyl (C=O) groups is 1. The molecule has 2 bridgehead atoms. The highest BCUT2D eigenvalue weighted by atomic mass is 35.5. The molecule has 3 fully saturated rings. The summed E-state index contributed by atoms with van der Waals surface area (Å²) in [7, 11) is 0. The molecule has 0 aliphatic carbocycles. The van der Waals surface area contributed by atoms with Crippen molar-refractivity contribution in [1.29, 1.82) is 0 Å². The smallest absolute Gasteiger partial charge is 0.410 e. The van der Waals surface area contributed by atoms with Crippen molar-refractivity contribution in [2.24, 2.45) is 5.92 Å². The van der Waals surface area contributed by atoms with Crippen LogP contribution in [0, 0.1) is 5.92 Å². The summed E-state index contributed by atoms with van der Waals surface area (Å²) in [5, 5.41) is 8.22. The number of nitrogen functional groups attached to an aromatic ring is 1. The number of pyridine rings is 1. The lowest BCUT2D eigenvalue weighted by Gasteiger charge is -2.35. The van der Waals surface area contributed by atoms with Crippen molar-refractivity contribution in [3.8, 4) is 5.88 Å². The van der Waals surface area contributed by atoms with Gasteiger partial charge in [0.15, 0.2) is 11.0 Å². The van der Waals surface area contributed by atoms with Gasteiger partial charge in [-0.3, -0.25) is 0 Å². The fourth-order valence-electron chi connectivity index (χ4n) is 5.53. The second-order valence-electron chi connectivity index (χ2n) is 11.2. The number of nitrogens with two attached hydrogens (primary N) is 1. The van der Waals surface area contributed by atoms with Gasteiger partial charge in [0, 0.05) is 75.6 Å². The van der Waals surface area contributed by atoms with E-state index in [1.54, 1.807) is 11.0 Å². The molecule has 2 aromatic heterocycles. The molecule has 2 aromatic rings. The summed E-state index contributed by atoms with van der Waals surface area (Å²) >= 11 is 6.11. The maximum absolute atomic E-state index is 12.4. The van der Waals surface area contributed by atoms with Gasteiger partial charge in [-0.25, -0.2) is 9.78 Å². The second kappa shape index (κ2) is 10.4. The fourth-order valence-corrected chi connectivity index (χ4v) is 5.67. The number of ether oxygens (including phenoxy) is 2. The van der Waals surface area contributed by atoms with E-state index in [4.69, 9.17) is 26.8 Å². The normalized spacial score (nSPS) is 22.6. The molecule has 2 N–H and O–H groups in total. The van der Waals surface area contributed by atoms with Crippen molar-refractivity contribution < 1.29 is 14.3 Å². The number of rotatable bonds is 4. The molecular formula is C26H36ClN7O3. The Morgan fingerprint density at radius 2 is 1.89 bits per heavy atom. The number of carbonyl (C=O) groups excluding carboxylic acids is 1. The first-order chi connectivity index (χ1) is 17.6. The van der Waals surface area contributed by atoms with Crippen molar-refractivity contribution in [3.63, 3.8) is 0 Å². The average Bonchev–Trinajstić information content (AvgIpc) is 3.12. The van der Waals surface area contributed by atoms with Gasteiger partial charge in [0.1, 0.15) is 11.7 Å². The van der Waals surface area contributed by atoms with E-state index in [-0.39, 0.29) is 12.2 Å². The summed E-state index contributed by atoms with van der Waals surface area (Å²) in [6.45, 7) is 9.65. The molecule has 5 rings (SSSR count).